The smallest absolute Gasteiger partial charge is 0.305 e. The normalized spacial score (nSPS) is 19.7. The number of carbonyl (C=O) groups is 1. The van der Waals surface area contributed by atoms with E-state index in [1.54, 1.807) is 0 Å². The fraction of sp³-hybridized carbons (Fsp3) is 0.917. The van der Waals surface area contributed by atoms with Crippen molar-refractivity contribution in [3.8, 4) is 0 Å². The average Bonchev–Trinajstić information content (AvgIpc) is 2.42. The maximum absolute atomic E-state index is 11.2. The number of ether oxygens (including phenoxy) is 2. The molecule has 1 heterocycles. The van der Waals surface area contributed by atoms with Crippen LogP contribution in [0.5, 0.6) is 0 Å². The third-order valence-electron chi connectivity index (χ3n) is 2.98. The van der Waals surface area contributed by atoms with Gasteiger partial charge < -0.3 is 9.47 Å². The lowest BCUT2D eigenvalue weighted by atomic mass is 10.2. The maximum Gasteiger partial charge on any atom is 0.305 e. The summed E-state index contributed by atoms with van der Waals surface area (Å²) in [6.45, 7) is 5.94. The number of unbranched alkanes of at least 4 members (excludes halogenated alkanes) is 1. The van der Waals surface area contributed by atoms with Gasteiger partial charge in [0.25, 0.3) is 0 Å². The van der Waals surface area contributed by atoms with Gasteiger partial charge in [-0.1, -0.05) is 5.11 Å². The molecule has 0 amide bonds. The van der Waals surface area contributed by atoms with Crippen molar-refractivity contribution < 1.29 is 14.3 Å². The first-order chi connectivity index (χ1) is 9.26. The molecule has 0 radical (unpaired) electrons. The van der Waals surface area contributed by atoms with E-state index in [1.807, 2.05) is 6.92 Å². The molecule has 7 nitrogen and oxygen atoms in total. The Kier molecular flexibility index (Phi) is 7.97. The molecule has 1 rings (SSSR count). The van der Waals surface area contributed by atoms with Crippen LogP contribution in [0.2, 0.25) is 0 Å². The van der Waals surface area contributed by atoms with Gasteiger partial charge in [-0.15, -0.1) is 0 Å². The molecule has 0 aromatic heterocycles. The molecular weight excluding hydrogens is 248 g/mol. The molecular formula is C12H22N4O3. The number of rotatable bonds is 8. The van der Waals surface area contributed by atoms with Crippen molar-refractivity contribution in [3.05, 3.63) is 10.4 Å². The first-order valence-electron chi connectivity index (χ1n) is 6.76. The lowest BCUT2D eigenvalue weighted by Crippen LogP contribution is -2.44. The van der Waals surface area contributed by atoms with Crippen molar-refractivity contribution in [2.75, 3.05) is 39.4 Å². The standard InChI is InChI=1S/C12H22N4O3/c1-2-18-12(17)5-3-4-6-16-7-8-19-11(10-16)9-14-15-13/h11H,2-10H2,1H3/t11-/m1/s1. The number of carbonyl (C=O) groups excluding carboxylic acids is 1. The monoisotopic (exact) mass is 270 g/mol. The number of morpholine rings is 1. The van der Waals surface area contributed by atoms with Crippen molar-refractivity contribution in [1.82, 2.24) is 4.90 Å². The van der Waals surface area contributed by atoms with Gasteiger partial charge in [-0.2, -0.15) is 0 Å². The first-order valence-corrected chi connectivity index (χ1v) is 6.76. The number of hydrogen-bond donors (Lipinski definition) is 0. The van der Waals surface area contributed by atoms with E-state index in [-0.39, 0.29) is 12.1 Å². The van der Waals surface area contributed by atoms with Gasteiger partial charge >= 0.3 is 5.97 Å². The molecule has 0 aromatic rings. The molecule has 7 heteroatoms. The Morgan fingerprint density at radius 3 is 3.16 bits per heavy atom. The van der Waals surface area contributed by atoms with E-state index in [2.05, 4.69) is 14.9 Å². The van der Waals surface area contributed by atoms with Gasteiger partial charge in [0.15, 0.2) is 0 Å². The molecule has 1 saturated heterocycles. The Morgan fingerprint density at radius 1 is 1.58 bits per heavy atom. The van der Waals surface area contributed by atoms with Crippen molar-refractivity contribution in [3.63, 3.8) is 0 Å². The summed E-state index contributed by atoms with van der Waals surface area (Å²) < 4.78 is 10.4. The topological polar surface area (TPSA) is 87.5 Å². The van der Waals surface area contributed by atoms with Crippen LogP contribution in [0.1, 0.15) is 26.2 Å². The van der Waals surface area contributed by atoms with E-state index in [0.717, 1.165) is 32.5 Å². The Morgan fingerprint density at radius 2 is 2.42 bits per heavy atom. The summed E-state index contributed by atoms with van der Waals surface area (Å²) in [5.41, 5.74) is 8.28. The van der Waals surface area contributed by atoms with Gasteiger partial charge in [0, 0.05) is 24.4 Å². The number of nitrogens with zero attached hydrogens (tertiary/aromatic N) is 4. The van der Waals surface area contributed by atoms with Crippen molar-refractivity contribution in [2.45, 2.75) is 32.3 Å². The van der Waals surface area contributed by atoms with Gasteiger partial charge in [-0.25, -0.2) is 0 Å². The Bertz CT molecular complexity index is 318. The molecule has 0 spiro atoms. The van der Waals surface area contributed by atoms with Gasteiger partial charge in [-0.3, -0.25) is 9.69 Å². The van der Waals surface area contributed by atoms with Crippen LogP contribution in [0.3, 0.4) is 0 Å². The Balaban J connectivity index is 2.11. The zero-order chi connectivity index (χ0) is 13.9. The van der Waals surface area contributed by atoms with Gasteiger partial charge in [-0.05, 0) is 31.8 Å². The highest BCUT2D eigenvalue weighted by atomic mass is 16.5. The van der Waals surface area contributed by atoms with Crippen LogP contribution < -0.4 is 0 Å². The molecule has 1 aliphatic rings. The molecule has 1 aliphatic heterocycles. The molecule has 0 N–H and O–H groups in total. The second-order valence-electron chi connectivity index (χ2n) is 4.47. The SMILES string of the molecule is CCOC(=O)CCCCN1CCO[C@H](CN=[N+]=[N-])C1. The Hall–Kier alpha value is -1.30. The highest BCUT2D eigenvalue weighted by Gasteiger charge is 2.19. The number of esters is 1. The second-order valence-corrected chi connectivity index (χ2v) is 4.47. The first kappa shape index (κ1) is 15.8. The van der Waals surface area contributed by atoms with Crippen LogP contribution in [-0.4, -0.2) is 56.4 Å². The predicted octanol–water partition coefficient (Wildman–Crippen LogP) is 1.73. The number of azide groups is 1. The van der Waals surface area contributed by atoms with E-state index < -0.39 is 0 Å². The fourth-order valence-electron chi connectivity index (χ4n) is 2.06. The van der Waals surface area contributed by atoms with E-state index in [1.165, 1.54) is 0 Å². The van der Waals surface area contributed by atoms with Crippen LogP contribution >= 0.6 is 0 Å². The quantitative estimate of drug-likeness (QED) is 0.221. The van der Waals surface area contributed by atoms with E-state index in [0.29, 0.717) is 26.2 Å². The lowest BCUT2D eigenvalue weighted by Gasteiger charge is -2.32. The van der Waals surface area contributed by atoms with Crippen LogP contribution in [0.25, 0.3) is 10.4 Å². The van der Waals surface area contributed by atoms with Crippen LogP contribution in [0, 0.1) is 0 Å². The molecule has 1 atom stereocenters. The van der Waals surface area contributed by atoms with Crippen LogP contribution in [0.4, 0.5) is 0 Å². The molecule has 19 heavy (non-hydrogen) atoms. The third kappa shape index (κ3) is 7.00. The minimum atomic E-state index is -0.120. The zero-order valence-electron chi connectivity index (χ0n) is 11.5. The lowest BCUT2D eigenvalue weighted by molar-refractivity contribution is -0.143. The summed E-state index contributed by atoms with van der Waals surface area (Å²) in [5, 5.41) is 3.54. The van der Waals surface area contributed by atoms with Crippen LogP contribution in [-0.2, 0) is 14.3 Å². The second kappa shape index (κ2) is 9.61. The minimum absolute atomic E-state index is 0.00490. The zero-order valence-corrected chi connectivity index (χ0v) is 11.5. The number of hydrogen-bond acceptors (Lipinski definition) is 5. The Labute approximate surface area is 113 Å². The van der Waals surface area contributed by atoms with Crippen molar-refractivity contribution in [2.24, 2.45) is 5.11 Å². The molecule has 0 unspecified atom stereocenters. The molecule has 1 fully saturated rings. The highest BCUT2D eigenvalue weighted by Crippen LogP contribution is 2.08. The summed E-state index contributed by atoms with van der Waals surface area (Å²) in [7, 11) is 0. The summed E-state index contributed by atoms with van der Waals surface area (Å²) in [6, 6.07) is 0. The molecule has 0 bridgehead atoms. The molecule has 108 valence electrons. The largest absolute Gasteiger partial charge is 0.466 e. The van der Waals surface area contributed by atoms with Crippen LogP contribution in [0.15, 0.2) is 5.11 Å². The summed E-state index contributed by atoms with van der Waals surface area (Å²) in [5.74, 6) is -0.120. The maximum atomic E-state index is 11.2. The van der Waals surface area contributed by atoms with Gasteiger partial charge in [0.2, 0.25) is 0 Å². The van der Waals surface area contributed by atoms with Crippen molar-refractivity contribution >= 4 is 5.97 Å². The van der Waals surface area contributed by atoms with Gasteiger partial charge in [0.1, 0.15) is 0 Å². The molecule has 0 saturated carbocycles. The predicted molar refractivity (Wildman–Crippen MR) is 70.7 cm³/mol. The van der Waals surface area contributed by atoms with Crippen molar-refractivity contribution in [1.29, 1.82) is 0 Å². The summed E-state index contributed by atoms with van der Waals surface area (Å²) in [4.78, 5) is 16.2. The third-order valence-corrected chi connectivity index (χ3v) is 2.98. The van der Waals surface area contributed by atoms with Gasteiger partial charge in [0.05, 0.1) is 25.9 Å². The molecule has 0 aliphatic carbocycles. The minimum Gasteiger partial charge on any atom is -0.466 e. The average molecular weight is 270 g/mol. The molecule has 0 aromatic carbocycles. The summed E-state index contributed by atoms with van der Waals surface area (Å²) >= 11 is 0. The highest BCUT2D eigenvalue weighted by molar-refractivity contribution is 5.69. The van der Waals surface area contributed by atoms with E-state index >= 15 is 0 Å². The fourth-order valence-corrected chi connectivity index (χ4v) is 2.06. The summed E-state index contributed by atoms with van der Waals surface area (Å²) in [6.07, 6.45) is 2.29. The van der Waals surface area contributed by atoms with E-state index in [4.69, 9.17) is 15.0 Å². The van der Waals surface area contributed by atoms with E-state index in [9.17, 15) is 4.79 Å².